The number of carbonyl (C=O) groups is 1. The molecular weight excluding hydrogens is 156 g/mol. The summed E-state index contributed by atoms with van der Waals surface area (Å²) in [5.41, 5.74) is -0.484. The van der Waals surface area contributed by atoms with E-state index >= 15 is 0 Å². The van der Waals surface area contributed by atoms with Gasteiger partial charge in [-0.15, -0.1) is 0 Å². The van der Waals surface area contributed by atoms with Crippen molar-refractivity contribution < 1.29 is 14.6 Å². The number of aliphatic hydroxyl groups excluding tert-OH is 1. The Kier molecular flexibility index (Phi) is 4.24. The second kappa shape index (κ2) is 4.45. The molecule has 0 amide bonds. The van der Waals surface area contributed by atoms with E-state index in [1.165, 1.54) is 0 Å². The summed E-state index contributed by atoms with van der Waals surface area (Å²) < 4.78 is 5.02. The molecule has 0 aromatic rings. The molecular formula is C9H18O3. The number of esters is 1. The minimum atomic E-state index is -0.484. The van der Waals surface area contributed by atoms with Crippen molar-refractivity contribution in [3.05, 3.63) is 0 Å². The zero-order chi connectivity index (χ0) is 9.78. The van der Waals surface area contributed by atoms with E-state index in [4.69, 9.17) is 9.84 Å². The fourth-order valence-electron chi connectivity index (χ4n) is 0.578. The summed E-state index contributed by atoms with van der Waals surface area (Å²) >= 11 is 0. The Hall–Kier alpha value is -0.570. The molecule has 0 aliphatic heterocycles. The van der Waals surface area contributed by atoms with Gasteiger partial charge in [-0.25, -0.2) is 0 Å². The maximum absolute atomic E-state index is 11.3. The third kappa shape index (κ3) is 3.72. The van der Waals surface area contributed by atoms with Crippen LogP contribution >= 0.6 is 0 Å². The summed E-state index contributed by atoms with van der Waals surface area (Å²) in [6.07, 6.45) is 0.301. The van der Waals surface area contributed by atoms with Crippen molar-refractivity contribution in [3.63, 3.8) is 0 Å². The van der Waals surface area contributed by atoms with E-state index in [1.54, 1.807) is 20.8 Å². The van der Waals surface area contributed by atoms with Gasteiger partial charge in [-0.3, -0.25) is 4.79 Å². The molecule has 0 radical (unpaired) electrons. The summed E-state index contributed by atoms with van der Waals surface area (Å²) in [7, 11) is 0. The molecule has 0 fully saturated rings. The first kappa shape index (κ1) is 11.4. The van der Waals surface area contributed by atoms with Crippen molar-refractivity contribution in [2.24, 2.45) is 5.41 Å². The lowest BCUT2D eigenvalue weighted by molar-refractivity contribution is -0.160. The van der Waals surface area contributed by atoms with Gasteiger partial charge in [0.05, 0.1) is 12.0 Å². The van der Waals surface area contributed by atoms with Crippen LogP contribution in [0.2, 0.25) is 0 Å². The summed E-state index contributed by atoms with van der Waals surface area (Å²) in [6, 6.07) is 0. The smallest absolute Gasteiger partial charge is 0.311 e. The van der Waals surface area contributed by atoms with Crippen LogP contribution in [0.25, 0.3) is 0 Å². The maximum atomic E-state index is 11.3. The highest BCUT2D eigenvalue weighted by molar-refractivity contribution is 5.75. The van der Waals surface area contributed by atoms with Crippen LogP contribution in [-0.4, -0.2) is 23.8 Å². The molecule has 0 saturated carbocycles. The van der Waals surface area contributed by atoms with Crippen molar-refractivity contribution in [2.75, 3.05) is 6.61 Å². The van der Waals surface area contributed by atoms with Crippen LogP contribution in [0.15, 0.2) is 0 Å². The number of rotatable bonds is 3. The van der Waals surface area contributed by atoms with Crippen molar-refractivity contribution in [1.29, 1.82) is 0 Å². The van der Waals surface area contributed by atoms with Gasteiger partial charge in [-0.2, -0.15) is 0 Å². The fraction of sp³-hybridized carbons (Fsp3) is 0.889. The highest BCUT2D eigenvalue weighted by atomic mass is 16.6. The molecule has 0 saturated heterocycles. The molecule has 0 heterocycles. The monoisotopic (exact) mass is 174 g/mol. The Balaban J connectivity index is 3.99. The minimum absolute atomic E-state index is 0.0989. The second-order valence-corrected chi connectivity index (χ2v) is 3.87. The average Bonchev–Trinajstić information content (AvgIpc) is 1.97. The van der Waals surface area contributed by atoms with Crippen LogP contribution in [0.5, 0.6) is 0 Å². The van der Waals surface area contributed by atoms with Crippen molar-refractivity contribution >= 4 is 5.97 Å². The van der Waals surface area contributed by atoms with Gasteiger partial charge in [-0.05, 0) is 27.2 Å². The topological polar surface area (TPSA) is 46.5 Å². The standard InChI is InChI=1S/C9H18O3/c1-5-7(6-10)12-8(11)9(2,3)4/h7,10H,5-6H2,1-4H3. The van der Waals surface area contributed by atoms with Crippen molar-refractivity contribution in [1.82, 2.24) is 0 Å². The van der Waals surface area contributed by atoms with Gasteiger partial charge in [0.15, 0.2) is 0 Å². The molecule has 0 aliphatic carbocycles. The van der Waals surface area contributed by atoms with Crippen LogP contribution in [-0.2, 0) is 9.53 Å². The Labute approximate surface area is 73.7 Å². The summed E-state index contributed by atoms with van der Waals surface area (Å²) in [4.78, 5) is 11.3. The van der Waals surface area contributed by atoms with Gasteiger partial charge >= 0.3 is 5.97 Å². The van der Waals surface area contributed by atoms with Gasteiger partial charge in [0.2, 0.25) is 0 Å². The Bertz CT molecular complexity index is 142. The zero-order valence-electron chi connectivity index (χ0n) is 8.26. The molecule has 72 valence electrons. The van der Waals surface area contributed by atoms with Gasteiger partial charge in [0.1, 0.15) is 6.10 Å². The fourth-order valence-corrected chi connectivity index (χ4v) is 0.578. The number of carbonyl (C=O) groups excluding carboxylic acids is 1. The zero-order valence-corrected chi connectivity index (χ0v) is 8.26. The Morgan fingerprint density at radius 3 is 2.25 bits per heavy atom. The van der Waals surface area contributed by atoms with Crippen molar-refractivity contribution in [3.8, 4) is 0 Å². The predicted molar refractivity (Wildman–Crippen MR) is 46.7 cm³/mol. The second-order valence-electron chi connectivity index (χ2n) is 3.87. The third-order valence-corrected chi connectivity index (χ3v) is 1.55. The molecule has 3 nitrogen and oxygen atoms in total. The van der Waals surface area contributed by atoms with Crippen LogP contribution < -0.4 is 0 Å². The van der Waals surface area contributed by atoms with E-state index < -0.39 is 5.41 Å². The quantitative estimate of drug-likeness (QED) is 0.657. The van der Waals surface area contributed by atoms with Crippen molar-refractivity contribution in [2.45, 2.75) is 40.2 Å². The van der Waals surface area contributed by atoms with Gasteiger partial charge < -0.3 is 9.84 Å². The number of ether oxygens (including phenoxy) is 1. The van der Waals surface area contributed by atoms with Crippen LogP contribution in [0.3, 0.4) is 0 Å². The number of hydrogen-bond donors (Lipinski definition) is 1. The first-order valence-corrected chi connectivity index (χ1v) is 4.23. The lowest BCUT2D eigenvalue weighted by Crippen LogP contribution is -2.29. The SMILES string of the molecule is CCC(CO)OC(=O)C(C)(C)C. The molecule has 1 atom stereocenters. The van der Waals surface area contributed by atoms with Gasteiger partial charge in [-0.1, -0.05) is 6.92 Å². The molecule has 0 rings (SSSR count). The maximum Gasteiger partial charge on any atom is 0.311 e. The van der Waals surface area contributed by atoms with Crippen LogP contribution in [0, 0.1) is 5.41 Å². The normalized spacial score (nSPS) is 14.1. The number of aliphatic hydroxyl groups is 1. The minimum Gasteiger partial charge on any atom is -0.460 e. The van der Waals surface area contributed by atoms with E-state index in [0.717, 1.165) is 0 Å². The molecule has 0 spiro atoms. The van der Waals surface area contributed by atoms with E-state index in [2.05, 4.69) is 0 Å². The third-order valence-electron chi connectivity index (χ3n) is 1.55. The first-order chi connectivity index (χ1) is 5.41. The molecule has 0 aliphatic rings. The lowest BCUT2D eigenvalue weighted by atomic mass is 9.97. The Morgan fingerprint density at radius 1 is 1.50 bits per heavy atom. The molecule has 0 bridgehead atoms. The van der Waals surface area contributed by atoms with E-state index in [0.29, 0.717) is 6.42 Å². The summed E-state index contributed by atoms with van der Waals surface area (Å²) in [5.74, 6) is -0.261. The highest BCUT2D eigenvalue weighted by Gasteiger charge is 2.25. The largest absolute Gasteiger partial charge is 0.460 e. The predicted octanol–water partition coefficient (Wildman–Crippen LogP) is 1.35. The highest BCUT2D eigenvalue weighted by Crippen LogP contribution is 2.16. The molecule has 0 aromatic heterocycles. The number of hydrogen-bond acceptors (Lipinski definition) is 3. The molecule has 1 N–H and O–H groups in total. The van der Waals surface area contributed by atoms with E-state index in [1.807, 2.05) is 6.92 Å². The van der Waals surface area contributed by atoms with E-state index in [9.17, 15) is 4.79 Å². The molecule has 3 heteroatoms. The van der Waals surface area contributed by atoms with Gasteiger partial charge in [0, 0.05) is 0 Å². The lowest BCUT2D eigenvalue weighted by Gasteiger charge is -2.20. The summed E-state index contributed by atoms with van der Waals surface area (Å²) in [6.45, 7) is 7.15. The van der Waals surface area contributed by atoms with Crippen LogP contribution in [0.1, 0.15) is 34.1 Å². The summed E-state index contributed by atoms with van der Waals surface area (Å²) in [5, 5.41) is 8.76. The molecule has 1 unspecified atom stereocenters. The molecule has 12 heavy (non-hydrogen) atoms. The van der Waals surface area contributed by atoms with Crippen LogP contribution in [0.4, 0.5) is 0 Å². The van der Waals surface area contributed by atoms with Gasteiger partial charge in [0.25, 0.3) is 0 Å². The van der Waals surface area contributed by atoms with E-state index in [-0.39, 0.29) is 18.7 Å². The average molecular weight is 174 g/mol. The first-order valence-electron chi connectivity index (χ1n) is 4.23. The molecule has 0 aromatic carbocycles. The Morgan fingerprint density at radius 2 is 2.00 bits per heavy atom.